The van der Waals surface area contributed by atoms with Crippen LogP contribution in [0.2, 0.25) is 0 Å². The van der Waals surface area contributed by atoms with Gasteiger partial charge < -0.3 is 10.2 Å². The quantitative estimate of drug-likeness (QED) is 0.198. The van der Waals surface area contributed by atoms with Crippen LogP contribution in [0.1, 0.15) is 48.2 Å². The molecule has 10 heteroatoms. The number of unbranched alkanes of at least 4 members (excludes halogenated alkanes) is 1. The number of carbonyl (C=O) groups excluding carboxylic acids is 3. The maximum atomic E-state index is 14.1. The molecule has 8 nitrogen and oxygen atoms in total. The van der Waals surface area contributed by atoms with E-state index >= 15 is 0 Å². The topological polar surface area (TPSA) is 104 Å². The maximum absolute atomic E-state index is 14.1. The number of rotatable bonds is 14. The molecule has 3 aromatic rings. The predicted octanol–water partition coefficient (Wildman–Crippen LogP) is 4.97. The molecule has 218 valence electrons. The van der Waals surface area contributed by atoms with Gasteiger partial charge in [-0.05, 0) is 48.7 Å². The molecule has 0 aliphatic rings. The van der Waals surface area contributed by atoms with Gasteiger partial charge in [0.2, 0.25) is 21.8 Å². The van der Waals surface area contributed by atoms with Crippen molar-refractivity contribution >= 4 is 49.2 Å². The molecule has 0 heterocycles. The molecule has 3 aromatic carbocycles. The Morgan fingerprint density at radius 2 is 1.61 bits per heavy atom. The Labute approximate surface area is 250 Å². The minimum atomic E-state index is -3.92. The molecule has 3 rings (SSSR count). The SMILES string of the molecule is CCCCNC(=O)[C@@H](Cc1ccccc1)N(Cc1cccc(Br)c1)C(=O)CN(c1cccc(C(C)=O)c1)S(C)(=O)=O. The van der Waals surface area contributed by atoms with Gasteiger partial charge in [-0.2, -0.15) is 0 Å². The molecular weight excluding hydrogens is 606 g/mol. The van der Waals surface area contributed by atoms with Crippen molar-refractivity contribution in [2.24, 2.45) is 0 Å². The molecule has 1 atom stereocenters. The van der Waals surface area contributed by atoms with Crippen molar-refractivity contribution in [1.82, 2.24) is 10.2 Å². The lowest BCUT2D eigenvalue weighted by atomic mass is 10.0. The summed E-state index contributed by atoms with van der Waals surface area (Å²) in [4.78, 5) is 41.2. The summed E-state index contributed by atoms with van der Waals surface area (Å²) in [5, 5.41) is 2.96. The molecule has 0 saturated heterocycles. The Morgan fingerprint density at radius 3 is 2.24 bits per heavy atom. The lowest BCUT2D eigenvalue weighted by molar-refractivity contribution is -0.140. The number of sulfonamides is 1. The molecular formula is C31H36BrN3O5S. The van der Waals surface area contributed by atoms with Gasteiger partial charge in [0.25, 0.3) is 0 Å². The Morgan fingerprint density at radius 1 is 0.927 bits per heavy atom. The third-order valence-electron chi connectivity index (χ3n) is 6.56. The summed E-state index contributed by atoms with van der Waals surface area (Å²) < 4.78 is 27.6. The fraction of sp³-hybridized carbons (Fsp3) is 0.323. The second-order valence-electron chi connectivity index (χ2n) is 9.88. The average molecular weight is 643 g/mol. The first-order valence-electron chi connectivity index (χ1n) is 13.4. The molecule has 2 amide bonds. The normalized spacial score (nSPS) is 11.9. The molecule has 0 bridgehead atoms. The zero-order valence-corrected chi connectivity index (χ0v) is 25.9. The largest absolute Gasteiger partial charge is 0.354 e. The van der Waals surface area contributed by atoms with Crippen molar-refractivity contribution < 1.29 is 22.8 Å². The summed E-state index contributed by atoms with van der Waals surface area (Å²) in [6.45, 7) is 3.42. The van der Waals surface area contributed by atoms with Gasteiger partial charge in [0, 0.05) is 29.5 Å². The zero-order chi connectivity index (χ0) is 30.0. The third-order valence-corrected chi connectivity index (χ3v) is 8.20. The fourth-order valence-corrected chi connectivity index (χ4v) is 5.67. The first-order chi connectivity index (χ1) is 19.5. The smallest absolute Gasteiger partial charge is 0.244 e. The Bertz CT molecular complexity index is 1460. The van der Waals surface area contributed by atoms with Crippen LogP contribution < -0.4 is 9.62 Å². The van der Waals surface area contributed by atoms with Crippen molar-refractivity contribution in [3.8, 4) is 0 Å². The molecule has 0 spiro atoms. The second kappa shape index (κ2) is 14.9. The number of halogens is 1. The highest BCUT2D eigenvalue weighted by atomic mass is 79.9. The van der Waals surface area contributed by atoms with E-state index in [1.807, 2.05) is 61.5 Å². The van der Waals surface area contributed by atoms with Gasteiger partial charge in [-0.25, -0.2) is 8.42 Å². The van der Waals surface area contributed by atoms with E-state index in [4.69, 9.17) is 0 Å². The van der Waals surface area contributed by atoms with Crippen LogP contribution in [-0.2, 0) is 32.6 Å². The molecule has 0 aliphatic heterocycles. The van der Waals surface area contributed by atoms with Crippen LogP contribution in [0.5, 0.6) is 0 Å². The number of carbonyl (C=O) groups is 3. The summed E-state index contributed by atoms with van der Waals surface area (Å²) in [6, 6.07) is 22.1. The highest BCUT2D eigenvalue weighted by Gasteiger charge is 2.33. The van der Waals surface area contributed by atoms with Crippen LogP contribution in [0.25, 0.3) is 0 Å². The van der Waals surface area contributed by atoms with Crippen molar-refractivity contribution in [1.29, 1.82) is 0 Å². The number of anilines is 1. The van der Waals surface area contributed by atoms with Gasteiger partial charge in [-0.15, -0.1) is 0 Å². The summed E-state index contributed by atoms with van der Waals surface area (Å²) in [7, 11) is -3.92. The number of Topliss-reactive ketones (excluding diaryl/α,β-unsaturated/α-hetero) is 1. The van der Waals surface area contributed by atoms with E-state index < -0.39 is 28.5 Å². The van der Waals surface area contributed by atoms with Gasteiger partial charge in [0.15, 0.2) is 5.78 Å². The molecule has 0 aliphatic carbocycles. The Kier molecular flexibility index (Phi) is 11.7. The molecule has 0 fully saturated rings. The molecule has 0 radical (unpaired) electrons. The minimum Gasteiger partial charge on any atom is -0.354 e. The molecule has 1 N–H and O–H groups in total. The van der Waals surface area contributed by atoms with E-state index in [9.17, 15) is 22.8 Å². The summed E-state index contributed by atoms with van der Waals surface area (Å²) in [5.41, 5.74) is 2.16. The van der Waals surface area contributed by atoms with Gasteiger partial charge in [0.1, 0.15) is 12.6 Å². The molecule has 0 saturated carbocycles. The first-order valence-corrected chi connectivity index (χ1v) is 16.1. The standard InChI is InChI=1S/C31H36BrN3O5S/c1-4-5-17-33-31(38)29(19-24-11-7-6-8-12-24)34(21-25-13-9-15-27(32)18-25)30(37)22-35(41(3,39)40)28-16-10-14-26(20-28)23(2)36/h6-16,18,20,29H,4-5,17,19,21-22H2,1-3H3,(H,33,38)/t29-/m1/s1. The van der Waals surface area contributed by atoms with Crippen LogP contribution in [0, 0.1) is 0 Å². The summed E-state index contributed by atoms with van der Waals surface area (Å²) >= 11 is 3.47. The summed E-state index contributed by atoms with van der Waals surface area (Å²) in [5.74, 6) is -1.08. The van der Waals surface area contributed by atoms with E-state index in [1.165, 1.54) is 17.9 Å². The van der Waals surface area contributed by atoms with Crippen LogP contribution >= 0.6 is 15.9 Å². The van der Waals surface area contributed by atoms with Crippen LogP contribution in [-0.4, -0.2) is 56.3 Å². The lowest BCUT2D eigenvalue weighted by Gasteiger charge is -2.33. The molecule has 0 aromatic heterocycles. The number of ketones is 1. The zero-order valence-electron chi connectivity index (χ0n) is 23.5. The first kappa shape index (κ1) is 32.0. The molecule has 41 heavy (non-hydrogen) atoms. The number of hydrogen-bond donors (Lipinski definition) is 1. The fourth-order valence-electron chi connectivity index (χ4n) is 4.39. The number of amides is 2. The maximum Gasteiger partial charge on any atom is 0.244 e. The van der Waals surface area contributed by atoms with E-state index in [0.717, 1.165) is 39.0 Å². The van der Waals surface area contributed by atoms with Gasteiger partial charge >= 0.3 is 0 Å². The highest BCUT2D eigenvalue weighted by Crippen LogP contribution is 2.22. The van der Waals surface area contributed by atoms with Crippen LogP contribution in [0.4, 0.5) is 5.69 Å². The number of nitrogens with one attached hydrogen (secondary N) is 1. The molecule has 0 unspecified atom stereocenters. The predicted molar refractivity (Wildman–Crippen MR) is 165 cm³/mol. The van der Waals surface area contributed by atoms with Gasteiger partial charge in [-0.3, -0.25) is 18.7 Å². The Balaban J connectivity index is 2.05. The van der Waals surface area contributed by atoms with Crippen molar-refractivity contribution in [3.05, 3.63) is 100 Å². The van der Waals surface area contributed by atoms with E-state index in [1.54, 1.807) is 18.2 Å². The van der Waals surface area contributed by atoms with Crippen molar-refractivity contribution in [3.63, 3.8) is 0 Å². The third kappa shape index (κ3) is 9.54. The average Bonchev–Trinajstić information content (AvgIpc) is 2.93. The summed E-state index contributed by atoms with van der Waals surface area (Å²) in [6.07, 6.45) is 2.94. The van der Waals surface area contributed by atoms with E-state index in [0.29, 0.717) is 12.1 Å². The number of benzene rings is 3. The van der Waals surface area contributed by atoms with Gasteiger partial charge in [-0.1, -0.05) is 83.9 Å². The minimum absolute atomic E-state index is 0.0854. The van der Waals surface area contributed by atoms with Gasteiger partial charge in [0.05, 0.1) is 11.9 Å². The lowest BCUT2D eigenvalue weighted by Crippen LogP contribution is -2.53. The van der Waals surface area contributed by atoms with E-state index in [2.05, 4.69) is 21.2 Å². The van der Waals surface area contributed by atoms with Crippen LogP contribution in [0.3, 0.4) is 0 Å². The van der Waals surface area contributed by atoms with E-state index in [-0.39, 0.29) is 30.3 Å². The van der Waals surface area contributed by atoms with Crippen LogP contribution in [0.15, 0.2) is 83.3 Å². The number of hydrogen-bond acceptors (Lipinski definition) is 5. The Hall–Kier alpha value is -3.50. The van der Waals surface area contributed by atoms with Crippen molar-refractivity contribution in [2.45, 2.75) is 45.7 Å². The number of nitrogens with zero attached hydrogens (tertiary/aromatic N) is 2. The highest BCUT2D eigenvalue weighted by molar-refractivity contribution is 9.10. The monoisotopic (exact) mass is 641 g/mol. The second-order valence-corrected chi connectivity index (χ2v) is 12.7. The van der Waals surface area contributed by atoms with Crippen molar-refractivity contribution in [2.75, 3.05) is 23.7 Å².